The summed E-state index contributed by atoms with van der Waals surface area (Å²) in [5, 5.41) is 21.4. The van der Waals surface area contributed by atoms with Crippen LogP contribution in [-0.2, 0) is 0 Å². The first-order valence-corrected chi connectivity index (χ1v) is 12.2. The first-order chi connectivity index (χ1) is 20.6. The summed E-state index contributed by atoms with van der Waals surface area (Å²) in [7, 11) is 0. The van der Waals surface area contributed by atoms with Crippen LogP contribution >= 0.6 is 0 Å². The van der Waals surface area contributed by atoms with Gasteiger partial charge in [-0.1, -0.05) is 0 Å². The molecule has 216 valence electrons. The second-order valence-electron chi connectivity index (χ2n) is 8.58. The second kappa shape index (κ2) is 13.1. The number of non-ortho nitro benzene ring substituents is 2. The van der Waals surface area contributed by atoms with Gasteiger partial charge in [-0.25, -0.2) is 0 Å². The van der Waals surface area contributed by atoms with Gasteiger partial charge in [0, 0.05) is 46.5 Å². The quantitative estimate of drug-likeness (QED) is 0.176. The van der Waals surface area contributed by atoms with Gasteiger partial charge in [0.1, 0.15) is 11.5 Å². The number of carbonyl (C=O) groups excluding carboxylic acids is 4. The lowest BCUT2D eigenvalue weighted by Crippen LogP contribution is -2.41. The van der Waals surface area contributed by atoms with E-state index in [2.05, 4.69) is 21.7 Å². The molecule has 0 aliphatic rings. The molecule has 15 heteroatoms. The summed E-state index contributed by atoms with van der Waals surface area (Å²) in [5.74, 6) is -1.80. The first-order valence-electron chi connectivity index (χ1n) is 12.2. The van der Waals surface area contributed by atoms with E-state index in [4.69, 9.17) is 4.74 Å². The summed E-state index contributed by atoms with van der Waals surface area (Å²) in [6.07, 6.45) is 0. The number of nitro groups is 2. The Morgan fingerprint density at radius 2 is 0.674 bits per heavy atom. The van der Waals surface area contributed by atoms with E-state index in [0.717, 1.165) is 0 Å². The molecule has 0 atom stereocenters. The zero-order valence-electron chi connectivity index (χ0n) is 21.8. The van der Waals surface area contributed by atoms with E-state index in [-0.39, 0.29) is 33.6 Å². The van der Waals surface area contributed by atoms with Gasteiger partial charge in [0.05, 0.1) is 9.85 Å². The van der Waals surface area contributed by atoms with E-state index in [0.29, 0.717) is 11.5 Å². The predicted molar refractivity (Wildman–Crippen MR) is 149 cm³/mol. The standard InChI is InChI=1S/C28H20N6O9/c35-25(17-1-9-21(10-2-17)33(39)40)29-31-27(37)19-5-13-23(14-6-19)43-24-15-7-20(8-16-24)28(38)32-30-26(36)18-3-11-22(12-4-18)34(41)42/h1-16H,(H,29,35)(H,30,36)(H,31,37)(H,32,38). The number of hydrogen-bond acceptors (Lipinski definition) is 9. The second-order valence-corrected chi connectivity index (χ2v) is 8.58. The molecule has 0 saturated heterocycles. The molecular weight excluding hydrogens is 564 g/mol. The fourth-order valence-electron chi connectivity index (χ4n) is 3.47. The lowest BCUT2D eigenvalue weighted by molar-refractivity contribution is -0.385. The van der Waals surface area contributed by atoms with Crippen molar-refractivity contribution in [1.82, 2.24) is 21.7 Å². The fraction of sp³-hybridized carbons (Fsp3) is 0. The van der Waals surface area contributed by atoms with Crippen molar-refractivity contribution in [2.45, 2.75) is 0 Å². The maximum absolute atomic E-state index is 12.4. The van der Waals surface area contributed by atoms with Crippen molar-refractivity contribution in [2.24, 2.45) is 0 Å². The third-order valence-electron chi connectivity index (χ3n) is 5.73. The molecule has 0 aliphatic heterocycles. The Balaban J connectivity index is 1.25. The molecular formula is C28H20N6O9. The molecule has 0 unspecified atom stereocenters. The van der Waals surface area contributed by atoms with Crippen molar-refractivity contribution in [1.29, 1.82) is 0 Å². The lowest BCUT2D eigenvalue weighted by Gasteiger charge is -2.10. The molecule has 4 aromatic rings. The summed E-state index contributed by atoms with van der Waals surface area (Å²) < 4.78 is 5.71. The first kappa shape index (κ1) is 29.3. The Bertz CT molecular complexity index is 1560. The molecule has 0 heterocycles. The maximum atomic E-state index is 12.4. The summed E-state index contributed by atoms with van der Waals surface area (Å²) >= 11 is 0. The Morgan fingerprint density at radius 3 is 0.907 bits per heavy atom. The van der Waals surface area contributed by atoms with Crippen LogP contribution in [0.5, 0.6) is 11.5 Å². The summed E-state index contributed by atoms with van der Waals surface area (Å²) in [6, 6.07) is 21.6. The molecule has 4 amide bonds. The van der Waals surface area contributed by atoms with Gasteiger partial charge >= 0.3 is 0 Å². The average molecular weight is 585 g/mol. The van der Waals surface area contributed by atoms with Gasteiger partial charge in [-0.15, -0.1) is 0 Å². The summed E-state index contributed by atoms with van der Waals surface area (Å²) in [6.45, 7) is 0. The Labute approximate surface area is 241 Å². The molecule has 0 saturated carbocycles. The molecule has 4 N–H and O–H groups in total. The smallest absolute Gasteiger partial charge is 0.269 e. The van der Waals surface area contributed by atoms with Gasteiger partial charge in [0.2, 0.25) is 0 Å². The number of amides is 4. The van der Waals surface area contributed by atoms with Crippen LogP contribution in [0.3, 0.4) is 0 Å². The van der Waals surface area contributed by atoms with Crippen LogP contribution < -0.4 is 26.4 Å². The number of nitrogens with zero attached hydrogens (tertiary/aromatic N) is 2. The molecule has 0 spiro atoms. The predicted octanol–water partition coefficient (Wildman–Crippen LogP) is 3.44. The van der Waals surface area contributed by atoms with Crippen LogP contribution in [0.2, 0.25) is 0 Å². The van der Waals surface area contributed by atoms with Crippen LogP contribution in [0.1, 0.15) is 41.4 Å². The molecule has 0 radical (unpaired) electrons. The fourth-order valence-corrected chi connectivity index (χ4v) is 3.47. The topological polar surface area (TPSA) is 212 Å². The zero-order valence-corrected chi connectivity index (χ0v) is 21.8. The van der Waals surface area contributed by atoms with Gasteiger partial charge in [-0.2, -0.15) is 0 Å². The molecule has 4 aromatic carbocycles. The van der Waals surface area contributed by atoms with E-state index in [9.17, 15) is 39.4 Å². The van der Waals surface area contributed by atoms with Crippen molar-refractivity contribution in [2.75, 3.05) is 0 Å². The number of hydrogen-bond donors (Lipinski definition) is 4. The third kappa shape index (κ3) is 7.73. The van der Waals surface area contributed by atoms with Crippen LogP contribution in [-0.4, -0.2) is 33.5 Å². The Kier molecular flexibility index (Phi) is 8.97. The molecule has 0 aromatic heterocycles. The van der Waals surface area contributed by atoms with Crippen molar-refractivity contribution in [3.05, 3.63) is 140 Å². The van der Waals surface area contributed by atoms with Crippen LogP contribution in [0.4, 0.5) is 11.4 Å². The van der Waals surface area contributed by atoms with E-state index in [1.54, 1.807) is 0 Å². The lowest BCUT2D eigenvalue weighted by atomic mass is 10.2. The minimum Gasteiger partial charge on any atom is -0.457 e. The Hall–Kier alpha value is -6.64. The molecule has 0 aliphatic carbocycles. The number of rotatable bonds is 8. The summed E-state index contributed by atoms with van der Waals surface area (Å²) in [5.41, 5.74) is 9.26. The number of hydrazine groups is 2. The van der Waals surface area contributed by atoms with Crippen LogP contribution in [0.25, 0.3) is 0 Å². The van der Waals surface area contributed by atoms with Crippen LogP contribution in [0, 0.1) is 20.2 Å². The highest BCUT2D eigenvalue weighted by Gasteiger charge is 2.13. The minimum atomic E-state index is -0.660. The Morgan fingerprint density at radius 1 is 0.442 bits per heavy atom. The van der Waals surface area contributed by atoms with Crippen molar-refractivity contribution in [3.63, 3.8) is 0 Å². The molecule has 4 rings (SSSR count). The maximum Gasteiger partial charge on any atom is 0.269 e. The van der Waals surface area contributed by atoms with Crippen molar-refractivity contribution in [3.8, 4) is 11.5 Å². The van der Waals surface area contributed by atoms with Crippen LogP contribution in [0.15, 0.2) is 97.1 Å². The highest BCUT2D eigenvalue weighted by molar-refractivity contribution is 6.00. The minimum absolute atomic E-state index is 0.116. The van der Waals surface area contributed by atoms with Crippen molar-refractivity contribution < 1.29 is 33.8 Å². The van der Waals surface area contributed by atoms with Gasteiger partial charge in [0.25, 0.3) is 35.0 Å². The van der Waals surface area contributed by atoms with E-state index < -0.39 is 33.5 Å². The highest BCUT2D eigenvalue weighted by atomic mass is 16.6. The number of ether oxygens (including phenoxy) is 1. The van der Waals surface area contributed by atoms with Crippen molar-refractivity contribution >= 4 is 35.0 Å². The largest absolute Gasteiger partial charge is 0.457 e. The SMILES string of the molecule is O=C(NNC(=O)c1ccc([N+](=O)[O-])cc1)c1ccc(Oc2ccc(C(=O)NNC(=O)c3ccc([N+](=O)[O-])cc3)cc2)cc1. The summed E-state index contributed by atoms with van der Waals surface area (Å²) in [4.78, 5) is 69.3. The van der Waals surface area contributed by atoms with Gasteiger partial charge < -0.3 is 4.74 Å². The van der Waals surface area contributed by atoms with E-state index in [1.165, 1.54) is 97.1 Å². The number of carbonyl (C=O) groups is 4. The van der Waals surface area contributed by atoms with E-state index >= 15 is 0 Å². The van der Waals surface area contributed by atoms with Gasteiger partial charge in [0.15, 0.2) is 0 Å². The van der Waals surface area contributed by atoms with Gasteiger partial charge in [-0.3, -0.25) is 61.1 Å². The zero-order chi connectivity index (χ0) is 30.9. The number of nitrogens with one attached hydrogen (secondary N) is 4. The number of benzene rings is 4. The molecule has 43 heavy (non-hydrogen) atoms. The molecule has 0 bridgehead atoms. The van der Waals surface area contributed by atoms with E-state index in [1.807, 2.05) is 0 Å². The monoisotopic (exact) mass is 584 g/mol. The highest BCUT2D eigenvalue weighted by Crippen LogP contribution is 2.22. The normalized spacial score (nSPS) is 10.1. The molecule has 15 nitrogen and oxygen atoms in total. The number of nitro benzene ring substituents is 2. The average Bonchev–Trinajstić information content (AvgIpc) is 3.03. The third-order valence-corrected chi connectivity index (χ3v) is 5.73. The van der Waals surface area contributed by atoms with Gasteiger partial charge in [-0.05, 0) is 72.8 Å². The molecule has 0 fully saturated rings.